The maximum absolute atomic E-state index is 4.74. The second-order valence-electron chi connectivity index (χ2n) is 6.57. The van der Waals surface area contributed by atoms with E-state index in [4.69, 9.17) is 4.99 Å². The van der Waals surface area contributed by atoms with Crippen LogP contribution in [-0.4, -0.2) is 20.7 Å². The number of aromatic nitrogens is 3. The van der Waals surface area contributed by atoms with Gasteiger partial charge < -0.3 is 15.2 Å². The minimum atomic E-state index is 0. The van der Waals surface area contributed by atoms with Crippen molar-refractivity contribution in [1.82, 2.24) is 25.4 Å². The van der Waals surface area contributed by atoms with Crippen molar-refractivity contribution in [2.24, 2.45) is 12.0 Å². The van der Waals surface area contributed by atoms with E-state index < -0.39 is 0 Å². The second-order valence-corrected chi connectivity index (χ2v) is 6.57. The molecule has 0 aliphatic heterocycles. The van der Waals surface area contributed by atoms with Crippen LogP contribution in [0.3, 0.4) is 0 Å². The van der Waals surface area contributed by atoms with Gasteiger partial charge in [0, 0.05) is 13.6 Å². The predicted molar refractivity (Wildman–Crippen MR) is 124 cm³/mol. The highest BCUT2D eigenvalue weighted by Gasteiger charge is 2.06. The molecule has 0 saturated heterocycles. The molecular formula is C21H27IN6. The summed E-state index contributed by atoms with van der Waals surface area (Å²) in [5, 5.41) is 15.1. The Balaban J connectivity index is 0.00000280. The number of nitrogens with zero attached hydrogens (tertiary/aromatic N) is 4. The Hall–Kier alpha value is -2.42. The molecule has 0 amide bonds. The fourth-order valence-electron chi connectivity index (χ4n) is 2.70. The molecule has 7 heteroatoms. The van der Waals surface area contributed by atoms with Crippen LogP contribution < -0.4 is 10.6 Å². The molecule has 0 aliphatic carbocycles. The molecule has 0 aliphatic rings. The van der Waals surface area contributed by atoms with Gasteiger partial charge in [0.25, 0.3) is 0 Å². The van der Waals surface area contributed by atoms with Crippen LogP contribution in [0.5, 0.6) is 0 Å². The zero-order valence-electron chi connectivity index (χ0n) is 16.5. The Kier molecular flexibility index (Phi) is 8.43. The molecule has 148 valence electrons. The van der Waals surface area contributed by atoms with Gasteiger partial charge in [0.2, 0.25) is 0 Å². The fourth-order valence-corrected chi connectivity index (χ4v) is 2.70. The molecule has 0 spiro atoms. The van der Waals surface area contributed by atoms with E-state index in [9.17, 15) is 0 Å². The largest absolute Gasteiger partial charge is 0.352 e. The quantitative estimate of drug-likeness (QED) is 0.316. The highest BCUT2D eigenvalue weighted by atomic mass is 127. The Labute approximate surface area is 183 Å². The number of nitrogens with one attached hydrogen (secondary N) is 2. The number of halogens is 1. The van der Waals surface area contributed by atoms with Crippen molar-refractivity contribution in [3.05, 3.63) is 82.9 Å². The molecule has 0 radical (unpaired) electrons. The van der Waals surface area contributed by atoms with Crippen LogP contribution in [0.2, 0.25) is 0 Å². The van der Waals surface area contributed by atoms with Crippen LogP contribution in [-0.2, 0) is 26.7 Å². The molecule has 0 fully saturated rings. The van der Waals surface area contributed by atoms with E-state index >= 15 is 0 Å². The first-order valence-corrected chi connectivity index (χ1v) is 9.08. The molecule has 0 atom stereocenters. The van der Waals surface area contributed by atoms with Gasteiger partial charge >= 0.3 is 0 Å². The van der Waals surface area contributed by atoms with E-state index in [-0.39, 0.29) is 24.0 Å². The zero-order valence-corrected chi connectivity index (χ0v) is 18.8. The van der Waals surface area contributed by atoms with Gasteiger partial charge in [-0.1, -0.05) is 60.2 Å². The minimum Gasteiger partial charge on any atom is -0.352 e. The first-order valence-electron chi connectivity index (χ1n) is 9.08. The van der Waals surface area contributed by atoms with Crippen molar-refractivity contribution in [3.63, 3.8) is 0 Å². The highest BCUT2D eigenvalue weighted by molar-refractivity contribution is 14.0. The lowest BCUT2D eigenvalue weighted by Gasteiger charge is -2.13. The third-order valence-electron chi connectivity index (χ3n) is 4.40. The van der Waals surface area contributed by atoms with Gasteiger partial charge in [-0.15, -0.1) is 34.2 Å². The SMILES string of the molecule is Cc1cccc(CN=C(NCc2ccccc2)NCc2nnc(C)n2C)c1.I. The standard InChI is InChI=1S/C21H26N6.HI/c1-16-8-7-11-19(12-16)14-23-21(22-13-18-9-5-4-6-10-18)24-15-20-26-25-17(2)27(20)3;/h4-12H,13-15H2,1-3H3,(H2,22,23,24);1H. The van der Waals surface area contributed by atoms with Crippen molar-refractivity contribution >= 4 is 29.9 Å². The number of aryl methyl sites for hydroxylation is 2. The van der Waals surface area contributed by atoms with Crippen LogP contribution in [0.25, 0.3) is 0 Å². The molecular weight excluding hydrogens is 463 g/mol. The summed E-state index contributed by atoms with van der Waals surface area (Å²) in [5.41, 5.74) is 3.63. The number of rotatable bonds is 6. The Morgan fingerprint density at radius 1 is 0.929 bits per heavy atom. The van der Waals surface area contributed by atoms with Gasteiger partial charge in [0.05, 0.1) is 13.1 Å². The van der Waals surface area contributed by atoms with Crippen molar-refractivity contribution in [2.75, 3.05) is 0 Å². The monoisotopic (exact) mass is 490 g/mol. The number of hydrogen-bond acceptors (Lipinski definition) is 3. The summed E-state index contributed by atoms with van der Waals surface area (Å²) >= 11 is 0. The summed E-state index contributed by atoms with van der Waals surface area (Å²) in [7, 11) is 1.97. The normalized spacial score (nSPS) is 11.0. The van der Waals surface area contributed by atoms with Crippen LogP contribution in [0.4, 0.5) is 0 Å². The van der Waals surface area contributed by atoms with E-state index in [1.54, 1.807) is 0 Å². The lowest BCUT2D eigenvalue weighted by Crippen LogP contribution is -2.37. The molecule has 3 aromatic rings. The maximum Gasteiger partial charge on any atom is 0.192 e. The molecule has 6 nitrogen and oxygen atoms in total. The van der Waals surface area contributed by atoms with Crippen molar-refractivity contribution in [1.29, 1.82) is 0 Å². The summed E-state index contributed by atoms with van der Waals surface area (Å²) in [6.07, 6.45) is 0. The van der Waals surface area contributed by atoms with Crippen molar-refractivity contribution in [2.45, 2.75) is 33.5 Å². The summed E-state index contributed by atoms with van der Waals surface area (Å²) in [4.78, 5) is 4.74. The molecule has 1 aromatic heterocycles. The number of aliphatic imine (C=N–C) groups is 1. The zero-order chi connectivity index (χ0) is 19.1. The van der Waals surface area contributed by atoms with Gasteiger partial charge in [-0.3, -0.25) is 0 Å². The molecule has 2 N–H and O–H groups in total. The number of hydrogen-bond donors (Lipinski definition) is 2. The van der Waals surface area contributed by atoms with Crippen LogP contribution >= 0.6 is 24.0 Å². The third kappa shape index (κ3) is 6.33. The maximum atomic E-state index is 4.74. The van der Waals surface area contributed by atoms with E-state index in [0.29, 0.717) is 19.6 Å². The molecule has 0 saturated carbocycles. The Morgan fingerprint density at radius 3 is 2.32 bits per heavy atom. The second kappa shape index (κ2) is 10.8. The molecule has 3 rings (SSSR count). The summed E-state index contributed by atoms with van der Waals surface area (Å²) in [6, 6.07) is 18.7. The van der Waals surface area contributed by atoms with Gasteiger partial charge in [0.15, 0.2) is 11.8 Å². The molecule has 28 heavy (non-hydrogen) atoms. The van der Waals surface area contributed by atoms with Crippen molar-refractivity contribution < 1.29 is 0 Å². The van der Waals surface area contributed by atoms with Crippen molar-refractivity contribution in [3.8, 4) is 0 Å². The van der Waals surface area contributed by atoms with E-state index in [0.717, 1.165) is 17.6 Å². The fraction of sp³-hybridized carbons (Fsp3) is 0.286. The van der Waals surface area contributed by atoms with Crippen LogP contribution in [0.15, 0.2) is 59.6 Å². The third-order valence-corrected chi connectivity index (χ3v) is 4.40. The highest BCUT2D eigenvalue weighted by Crippen LogP contribution is 2.05. The van der Waals surface area contributed by atoms with Crippen LogP contribution in [0.1, 0.15) is 28.3 Å². The van der Waals surface area contributed by atoms with Gasteiger partial charge in [-0.2, -0.15) is 0 Å². The lowest BCUT2D eigenvalue weighted by atomic mass is 10.1. The first-order chi connectivity index (χ1) is 13.1. The number of benzene rings is 2. The summed E-state index contributed by atoms with van der Waals surface area (Å²) < 4.78 is 1.97. The van der Waals surface area contributed by atoms with E-state index in [1.165, 1.54) is 16.7 Å². The van der Waals surface area contributed by atoms with Gasteiger partial charge in [-0.25, -0.2) is 4.99 Å². The summed E-state index contributed by atoms with van der Waals surface area (Å²) in [5.74, 6) is 2.51. The first kappa shape index (κ1) is 21.9. The molecule has 0 bridgehead atoms. The Bertz CT molecular complexity index is 904. The van der Waals surface area contributed by atoms with E-state index in [1.807, 2.05) is 36.7 Å². The van der Waals surface area contributed by atoms with E-state index in [2.05, 4.69) is 64.2 Å². The average molecular weight is 490 g/mol. The molecule has 2 aromatic carbocycles. The van der Waals surface area contributed by atoms with Gasteiger partial charge in [-0.05, 0) is 25.0 Å². The average Bonchev–Trinajstić information content (AvgIpc) is 3.00. The lowest BCUT2D eigenvalue weighted by molar-refractivity contribution is 0.714. The number of guanidine groups is 1. The van der Waals surface area contributed by atoms with Gasteiger partial charge in [0.1, 0.15) is 5.82 Å². The molecule has 1 heterocycles. The minimum absolute atomic E-state index is 0. The Morgan fingerprint density at radius 2 is 1.64 bits per heavy atom. The van der Waals surface area contributed by atoms with Crippen LogP contribution in [0, 0.1) is 13.8 Å². The predicted octanol–water partition coefficient (Wildman–Crippen LogP) is 3.49. The summed E-state index contributed by atoms with van der Waals surface area (Å²) in [6.45, 7) is 5.92. The molecule has 0 unspecified atom stereocenters. The topological polar surface area (TPSA) is 67.1 Å². The smallest absolute Gasteiger partial charge is 0.192 e.